The maximum Gasteiger partial charge on any atom is 0.315 e. The Hall–Kier alpha value is -1.26. The van der Waals surface area contributed by atoms with Crippen LogP contribution in [0.2, 0.25) is 0 Å². The lowest BCUT2D eigenvalue weighted by Crippen LogP contribution is -2.44. The number of rotatable bonds is 5. The Labute approximate surface area is 107 Å². The number of carbonyl (C=O) groups excluding carboxylic acids is 1. The van der Waals surface area contributed by atoms with Gasteiger partial charge in [-0.1, -0.05) is 6.42 Å². The molecule has 0 aromatic heterocycles. The van der Waals surface area contributed by atoms with E-state index in [-0.39, 0.29) is 23.9 Å². The van der Waals surface area contributed by atoms with E-state index < -0.39 is 5.97 Å². The van der Waals surface area contributed by atoms with Gasteiger partial charge in [0.1, 0.15) is 0 Å². The van der Waals surface area contributed by atoms with E-state index in [4.69, 9.17) is 5.11 Å². The van der Waals surface area contributed by atoms with Crippen LogP contribution in [0.1, 0.15) is 39.0 Å². The van der Waals surface area contributed by atoms with Gasteiger partial charge in [-0.25, -0.2) is 4.79 Å². The predicted octanol–water partition coefficient (Wildman–Crippen LogP) is 1.58. The molecule has 0 spiro atoms. The van der Waals surface area contributed by atoms with Crippen molar-refractivity contribution in [3.05, 3.63) is 0 Å². The molecule has 2 aliphatic carbocycles. The summed E-state index contributed by atoms with van der Waals surface area (Å²) in [6.45, 7) is 2.49. The van der Waals surface area contributed by atoms with Gasteiger partial charge in [-0.05, 0) is 44.4 Å². The summed E-state index contributed by atoms with van der Waals surface area (Å²) in [5, 5.41) is 14.8. The summed E-state index contributed by atoms with van der Waals surface area (Å²) >= 11 is 0. The van der Waals surface area contributed by atoms with Gasteiger partial charge < -0.3 is 15.7 Å². The SMILES string of the molecule is CC(NC(=O)NCC1CCCC1C(=O)O)C1CC1. The zero-order chi connectivity index (χ0) is 13.1. The monoisotopic (exact) mass is 254 g/mol. The highest BCUT2D eigenvalue weighted by molar-refractivity contribution is 5.74. The number of hydrogen-bond donors (Lipinski definition) is 3. The minimum absolute atomic E-state index is 0.0875. The number of carboxylic acids is 1. The number of hydrogen-bond acceptors (Lipinski definition) is 2. The van der Waals surface area contributed by atoms with Crippen LogP contribution in [0.25, 0.3) is 0 Å². The Balaban J connectivity index is 1.70. The van der Waals surface area contributed by atoms with Gasteiger partial charge in [0.25, 0.3) is 0 Å². The molecule has 2 aliphatic rings. The Morgan fingerprint density at radius 2 is 2.00 bits per heavy atom. The lowest BCUT2D eigenvalue weighted by Gasteiger charge is -2.18. The third-order valence-electron chi connectivity index (χ3n) is 4.19. The van der Waals surface area contributed by atoms with E-state index in [1.54, 1.807) is 0 Å². The van der Waals surface area contributed by atoms with Crippen molar-refractivity contribution in [2.24, 2.45) is 17.8 Å². The van der Waals surface area contributed by atoms with Crippen LogP contribution in [0.4, 0.5) is 4.79 Å². The van der Waals surface area contributed by atoms with E-state index in [0.29, 0.717) is 12.5 Å². The van der Waals surface area contributed by atoms with Crippen LogP contribution >= 0.6 is 0 Å². The third-order valence-corrected chi connectivity index (χ3v) is 4.19. The molecule has 5 heteroatoms. The predicted molar refractivity (Wildman–Crippen MR) is 67.2 cm³/mol. The van der Waals surface area contributed by atoms with Crippen molar-refractivity contribution in [2.45, 2.75) is 45.1 Å². The van der Waals surface area contributed by atoms with Crippen LogP contribution in [0, 0.1) is 17.8 Å². The Kier molecular flexibility index (Phi) is 4.09. The first-order chi connectivity index (χ1) is 8.58. The van der Waals surface area contributed by atoms with Crippen LogP contribution < -0.4 is 10.6 Å². The highest BCUT2D eigenvalue weighted by atomic mass is 16.4. The summed E-state index contributed by atoms with van der Waals surface area (Å²) in [5.74, 6) is -0.296. The number of carbonyl (C=O) groups is 2. The molecule has 0 aromatic carbocycles. The van der Waals surface area contributed by atoms with Gasteiger partial charge in [-0.3, -0.25) is 4.79 Å². The van der Waals surface area contributed by atoms with E-state index in [9.17, 15) is 9.59 Å². The smallest absolute Gasteiger partial charge is 0.315 e. The van der Waals surface area contributed by atoms with Crippen LogP contribution in [-0.2, 0) is 4.79 Å². The van der Waals surface area contributed by atoms with E-state index in [0.717, 1.165) is 19.3 Å². The molecule has 0 aromatic rings. The molecule has 0 aliphatic heterocycles. The van der Waals surface area contributed by atoms with Gasteiger partial charge in [-0.15, -0.1) is 0 Å². The maximum absolute atomic E-state index is 11.6. The van der Waals surface area contributed by atoms with E-state index in [1.165, 1.54) is 12.8 Å². The third kappa shape index (κ3) is 3.37. The summed E-state index contributed by atoms with van der Waals surface area (Å²) in [6, 6.07) is 0.0642. The largest absolute Gasteiger partial charge is 0.481 e. The molecule has 0 saturated heterocycles. The van der Waals surface area contributed by atoms with E-state index in [2.05, 4.69) is 10.6 Å². The zero-order valence-corrected chi connectivity index (χ0v) is 10.8. The molecule has 0 radical (unpaired) electrons. The normalized spacial score (nSPS) is 28.7. The number of aliphatic carboxylic acids is 1. The first kappa shape index (κ1) is 13.2. The van der Waals surface area contributed by atoms with Crippen molar-refractivity contribution in [1.82, 2.24) is 10.6 Å². The van der Waals surface area contributed by atoms with Crippen LogP contribution in [-0.4, -0.2) is 29.7 Å². The van der Waals surface area contributed by atoms with Gasteiger partial charge in [-0.2, -0.15) is 0 Å². The Morgan fingerprint density at radius 1 is 1.28 bits per heavy atom. The highest BCUT2D eigenvalue weighted by Gasteiger charge is 2.33. The summed E-state index contributed by atoms with van der Waals surface area (Å²) in [4.78, 5) is 22.7. The molecule has 18 heavy (non-hydrogen) atoms. The van der Waals surface area contributed by atoms with Crippen LogP contribution in [0.5, 0.6) is 0 Å². The van der Waals surface area contributed by atoms with Gasteiger partial charge in [0.05, 0.1) is 5.92 Å². The molecule has 2 amide bonds. The molecule has 3 unspecified atom stereocenters. The molecule has 0 bridgehead atoms. The second-order valence-corrected chi connectivity index (χ2v) is 5.62. The highest BCUT2D eigenvalue weighted by Crippen LogP contribution is 2.32. The summed E-state index contributed by atoms with van der Waals surface area (Å²) < 4.78 is 0. The summed E-state index contributed by atoms with van der Waals surface area (Å²) in [7, 11) is 0. The average molecular weight is 254 g/mol. The molecule has 102 valence electrons. The molecular formula is C13H22N2O3. The lowest BCUT2D eigenvalue weighted by atomic mass is 9.96. The number of nitrogens with one attached hydrogen (secondary N) is 2. The first-order valence-corrected chi connectivity index (χ1v) is 6.85. The molecule has 2 fully saturated rings. The van der Waals surface area contributed by atoms with Gasteiger partial charge in [0, 0.05) is 12.6 Å². The zero-order valence-electron chi connectivity index (χ0n) is 10.8. The maximum atomic E-state index is 11.6. The minimum Gasteiger partial charge on any atom is -0.481 e. The van der Waals surface area contributed by atoms with Crippen molar-refractivity contribution in [1.29, 1.82) is 0 Å². The van der Waals surface area contributed by atoms with Gasteiger partial charge in [0.15, 0.2) is 0 Å². The molecule has 3 atom stereocenters. The number of carboxylic acid groups (broad SMARTS) is 1. The number of amides is 2. The van der Waals surface area contributed by atoms with Crippen molar-refractivity contribution in [2.75, 3.05) is 6.54 Å². The molecule has 5 nitrogen and oxygen atoms in total. The topological polar surface area (TPSA) is 78.4 Å². The van der Waals surface area contributed by atoms with Crippen LogP contribution in [0.3, 0.4) is 0 Å². The Bertz CT molecular complexity index is 328. The van der Waals surface area contributed by atoms with E-state index in [1.807, 2.05) is 6.92 Å². The van der Waals surface area contributed by atoms with Crippen molar-refractivity contribution in [3.63, 3.8) is 0 Å². The standard InChI is InChI=1S/C13H22N2O3/c1-8(9-5-6-9)15-13(18)14-7-10-3-2-4-11(10)12(16)17/h8-11H,2-7H2,1H3,(H,16,17)(H2,14,15,18). The van der Waals surface area contributed by atoms with Crippen LogP contribution in [0.15, 0.2) is 0 Å². The average Bonchev–Trinajstić information content (AvgIpc) is 3.05. The summed E-state index contributed by atoms with van der Waals surface area (Å²) in [6.07, 6.45) is 4.98. The number of urea groups is 1. The lowest BCUT2D eigenvalue weighted by molar-refractivity contribution is -0.142. The molecular weight excluding hydrogens is 232 g/mol. The molecule has 0 heterocycles. The second kappa shape index (κ2) is 5.59. The van der Waals surface area contributed by atoms with E-state index >= 15 is 0 Å². The van der Waals surface area contributed by atoms with Gasteiger partial charge in [0.2, 0.25) is 0 Å². The second-order valence-electron chi connectivity index (χ2n) is 5.62. The molecule has 2 rings (SSSR count). The molecule has 3 N–H and O–H groups in total. The fourth-order valence-electron chi connectivity index (χ4n) is 2.80. The van der Waals surface area contributed by atoms with Crippen molar-refractivity contribution in [3.8, 4) is 0 Å². The van der Waals surface area contributed by atoms with Crippen molar-refractivity contribution < 1.29 is 14.7 Å². The fraction of sp³-hybridized carbons (Fsp3) is 0.846. The Morgan fingerprint density at radius 3 is 2.61 bits per heavy atom. The quantitative estimate of drug-likeness (QED) is 0.697. The van der Waals surface area contributed by atoms with Gasteiger partial charge >= 0.3 is 12.0 Å². The summed E-state index contributed by atoms with van der Waals surface area (Å²) in [5.41, 5.74) is 0. The molecule has 2 saturated carbocycles. The minimum atomic E-state index is -0.731. The fourth-order valence-corrected chi connectivity index (χ4v) is 2.80. The van der Waals surface area contributed by atoms with Crippen molar-refractivity contribution >= 4 is 12.0 Å². The first-order valence-electron chi connectivity index (χ1n) is 6.85.